The highest BCUT2D eigenvalue weighted by Crippen LogP contribution is 2.42. The first kappa shape index (κ1) is 39.1. The van der Waals surface area contributed by atoms with E-state index in [1.54, 1.807) is 0 Å². The van der Waals surface area contributed by atoms with Gasteiger partial charge in [-0.15, -0.1) is 0 Å². The van der Waals surface area contributed by atoms with Crippen molar-refractivity contribution in [3.05, 3.63) is 243 Å². The molecule has 318 valence electrons. The quantitative estimate of drug-likeness (QED) is 0.153. The maximum atomic E-state index is 5.28. The fraction of sp³-hybridized carbons (Fsp3) is 0. The van der Waals surface area contributed by atoms with Crippen molar-refractivity contribution in [2.24, 2.45) is 0 Å². The third-order valence-electron chi connectivity index (χ3n) is 13.0. The van der Waals surface area contributed by atoms with Gasteiger partial charge in [0, 0.05) is 49.5 Å². The van der Waals surface area contributed by atoms with Gasteiger partial charge >= 0.3 is 0 Å². The molecule has 0 aliphatic carbocycles. The Morgan fingerprint density at radius 1 is 0.250 bits per heavy atom. The number of para-hydroxylation sites is 2. The molecule has 13 rings (SSSR count). The monoisotopic (exact) mass is 868 g/mol. The average molecular weight is 869 g/mol. The Hall–Kier alpha value is -9.26. The predicted molar refractivity (Wildman–Crippen MR) is 279 cm³/mol. The van der Waals surface area contributed by atoms with Crippen molar-refractivity contribution in [2.45, 2.75) is 0 Å². The molecule has 0 unspecified atom stereocenters. The molecule has 0 bridgehead atoms. The third kappa shape index (κ3) is 6.74. The van der Waals surface area contributed by atoms with E-state index in [9.17, 15) is 0 Å². The maximum Gasteiger partial charge on any atom is 0.238 e. The van der Waals surface area contributed by atoms with Crippen LogP contribution in [0.1, 0.15) is 0 Å². The van der Waals surface area contributed by atoms with E-state index < -0.39 is 0 Å². The molecule has 0 saturated carbocycles. The van der Waals surface area contributed by atoms with Gasteiger partial charge < -0.3 is 4.57 Å². The summed E-state index contributed by atoms with van der Waals surface area (Å²) in [5, 5.41) is 4.55. The van der Waals surface area contributed by atoms with E-state index in [1.165, 1.54) is 16.5 Å². The molecule has 68 heavy (non-hydrogen) atoms. The molecule has 4 aromatic heterocycles. The number of pyridine rings is 1. The van der Waals surface area contributed by atoms with Crippen LogP contribution in [0.15, 0.2) is 243 Å². The Balaban J connectivity index is 1.01. The molecule has 0 aliphatic heterocycles. The zero-order valence-corrected chi connectivity index (χ0v) is 36.8. The minimum Gasteiger partial charge on any atom is -0.307 e. The van der Waals surface area contributed by atoms with Gasteiger partial charge in [0.05, 0.1) is 33.5 Å². The molecule has 0 aliphatic rings. The van der Waals surface area contributed by atoms with Crippen LogP contribution in [0.5, 0.6) is 0 Å². The topological polar surface area (TPSA) is 61.4 Å². The molecular formula is C62H40N6. The van der Waals surface area contributed by atoms with Crippen molar-refractivity contribution in [2.75, 3.05) is 0 Å². The molecule has 0 N–H and O–H groups in total. The van der Waals surface area contributed by atoms with E-state index in [0.717, 1.165) is 88.7 Å². The summed E-state index contributed by atoms with van der Waals surface area (Å²) in [6.45, 7) is 0. The lowest BCUT2D eigenvalue weighted by Crippen LogP contribution is -2.07. The van der Waals surface area contributed by atoms with Crippen LogP contribution in [0.2, 0.25) is 0 Å². The maximum absolute atomic E-state index is 5.28. The van der Waals surface area contributed by atoms with Gasteiger partial charge in [0.25, 0.3) is 0 Å². The summed E-state index contributed by atoms with van der Waals surface area (Å²) in [7, 11) is 0. The fourth-order valence-electron chi connectivity index (χ4n) is 9.74. The summed E-state index contributed by atoms with van der Waals surface area (Å²) in [6, 6.07) is 85.2. The van der Waals surface area contributed by atoms with E-state index in [-0.39, 0.29) is 0 Å². The first-order valence-corrected chi connectivity index (χ1v) is 22.9. The fourth-order valence-corrected chi connectivity index (χ4v) is 9.74. The van der Waals surface area contributed by atoms with Gasteiger partial charge in [-0.25, -0.2) is 9.97 Å². The van der Waals surface area contributed by atoms with Crippen molar-refractivity contribution in [1.82, 2.24) is 29.1 Å². The molecule has 0 fully saturated rings. The van der Waals surface area contributed by atoms with Gasteiger partial charge in [-0.05, 0) is 58.7 Å². The first-order valence-electron chi connectivity index (χ1n) is 22.9. The summed E-state index contributed by atoms with van der Waals surface area (Å²) in [5.74, 6) is 1.78. The minimum atomic E-state index is 0.556. The second-order valence-corrected chi connectivity index (χ2v) is 17.1. The van der Waals surface area contributed by atoms with Crippen LogP contribution >= 0.6 is 0 Å². The molecule has 6 nitrogen and oxygen atoms in total. The Morgan fingerprint density at radius 3 is 1.18 bits per heavy atom. The summed E-state index contributed by atoms with van der Waals surface area (Å²) in [6.07, 6.45) is 0. The van der Waals surface area contributed by atoms with E-state index >= 15 is 0 Å². The smallest absolute Gasteiger partial charge is 0.238 e. The van der Waals surface area contributed by atoms with Crippen molar-refractivity contribution in [3.8, 4) is 79.2 Å². The normalized spacial score (nSPS) is 11.5. The van der Waals surface area contributed by atoms with Crippen LogP contribution in [-0.2, 0) is 0 Å². The largest absolute Gasteiger partial charge is 0.307 e. The van der Waals surface area contributed by atoms with Gasteiger partial charge in [0.2, 0.25) is 5.95 Å². The highest BCUT2D eigenvalue weighted by Gasteiger charge is 2.23. The summed E-state index contributed by atoms with van der Waals surface area (Å²) < 4.78 is 4.65. The van der Waals surface area contributed by atoms with Crippen molar-refractivity contribution < 1.29 is 0 Å². The lowest BCUT2D eigenvalue weighted by Gasteiger charge is -2.14. The molecule has 0 saturated heterocycles. The highest BCUT2D eigenvalue weighted by molar-refractivity contribution is 6.23. The van der Waals surface area contributed by atoms with Crippen LogP contribution in [0.3, 0.4) is 0 Å². The molecule has 0 amide bonds. The number of nitrogens with zero attached hydrogens (tertiary/aromatic N) is 6. The SMILES string of the molecule is c1ccc(-c2ccc(-c3cc(-c4ccc(-n5c6ccccc6c6ccc7c8ccccc8n(-c8nc(-c9ccccc9)nc(-c9ccccc9)n8)c7c65)cc4)cc(-c4ccccc4)n3)cc2)cc1. The molecule has 0 radical (unpaired) electrons. The van der Waals surface area contributed by atoms with Crippen LogP contribution in [0.4, 0.5) is 0 Å². The highest BCUT2D eigenvalue weighted by atomic mass is 15.2. The van der Waals surface area contributed by atoms with E-state index in [0.29, 0.717) is 17.6 Å². The first-order chi connectivity index (χ1) is 33.7. The molecule has 13 aromatic rings. The molecule has 0 spiro atoms. The van der Waals surface area contributed by atoms with Gasteiger partial charge in [0.15, 0.2) is 11.6 Å². The average Bonchev–Trinajstić information content (AvgIpc) is 3.95. The zero-order valence-electron chi connectivity index (χ0n) is 36.8. The van der Waals surface area contributed by atoms with Crippen LogP contribution < -0.4 is 0 Å². The number of benzene rings is 9. The lowest BCUT2D eigenvalue weighted by atomic mass is 9.98. The predicted octanol–water partition coefficient (Wildman–Crippen LogP) is 15.5. The Morgan fingerprint density at radius 2 is 0.632 bits per heavy atom. The summed E-state index contributed by atoms with van der Waals surface area (Å²) in [5.41, 5.74) is 15.7. The van der Waals surface area contributed by atoms with Gasteiger partial charge in [0.1, 0.15) is 0 Å². The van der Waals surface area contributed by atoms with Gasteiger partial charge in [-0.2, -0.15) is 9.97 Å². The van der Waals surface area contributed by atoms with Crippen LogP contribution in [0.25, 0.3) is 123 Å². The van der Waals surface area contributed by atoms with E-state index in [1.807, 2.05) is 42.5 Å². The summed E-state index contributed by atoms with van der Waals surface area (Å²) >= 11 is 0. The van der Waals surface area contributed by atoms with Crippen molar-refractivity contribution in [1.29, 1.82) is 0 Å². The van der Waals surface area contributed by atoms with E-state index in [2.05, 4.69) is 209 Å². The Labute approximate surface area is 392 Å². The lowest BCUT2D eigenvalue weighted by molar-refractivity contribution is 0.953. The van der Waals surface area contributed by atoms with Gasteiger partial charge in [-0.1, -0.05) is 206 Å². The molecule has 6 heteroatoms. The summed E-state index contributed by atoms with van der Waals surface area (Å²) in [4.78, 5) is 20.9. The Kier molecular flexibility index (Phi) is 9.39. The molecule has 9 aromatic carbocycles. The number of hydrogen-bond donors (Lipinski definition) is 0. The van der Waals surface area contributed by atoms with Gasteiger partial charge in [-0.3, -0.25) is 4.57 Å². The molecule has 0 atom stereocenters. The Bertz CT molecular complexity index is 3920. The van der Waals surface area contributed by atoms with Crippen molar-refractivity contribution >= 4 is 43.6 Å². The number of hydrogen-bond acceptors (Lipinski definition) is 4. The number of fused-ring (bicyclic) bond motifs is 7. The second-order valence-electron chi connectivity index (χ2n) is 17.1. The number of aromatic nitrogens is 6. The second kappa shape index (κ2) is 16.3. The zero-order chi connectivity index (χ0) is 45.0. The standard InChI is InChI=1S/C62H40N6/c1-5-17-41(18-6-1)42-29-31-45(32-30-42)55-40-48(39-54(63-55)44-19-7-2-8-20-44)43-33-35-49(36-34-43)67-56-27-15-13-25-50(56)52-37-38-53-51-26-14-16-28-57(51)68(59(53)58(52)67)62-65-60(46-21-9-3-10-22-46)64-61(66-62)47-23-11-4-12-24-47/h1-40H. The third-order valence-corrected chi connectivity index (χ3v) is 13.0. The molecule has 4 heterocycles. The minimum absolute atomic E-state index is 0.556. The van der Waals surface area contributed by atoms with Crippen LogP contribution in [0, 0.1) is 0 Å². The number of rotatable bonds is 8. The van der Waals surface area contributed by atoms with Crippen LogP contribution in [-0.4, -0.2) is 29.1 Å². The van der Waals surface area contributed by atoms with E-state index in [4.69, 9.17) is 19.9 Å². The molecular weight excluding hydrogens is 829 g/mol. The van der Waals surface area contributed by atoms with Crippen molar-refractivity contribution in [3.63, 3.8) is 0 Å².